The van der Waals surface area contributed by atoms with Gasteiger partial charge in [-0.05, 0) is 103 Å². The van der Waals surface area contributed by atoms with Gasteiger partial charge in [-0.15, -0.1) is 0 Å². The van der Waals surface area contributed by atoms with E-state index < -0.39 is 0 Å². The number of carbonyl (C=O) groups is 2. The molecule has 0 amide bonds. The lowest BCUT2D eigenvalue weighted by molar-refractivity contribution is -0.115. The van der Waals surface area contributed by atoms with Gasteiger partial charge >= 0.3 is 0 Å². The molecule has 5 aromatic rings. The highest BCUT2D eigenvalue weighted by Gasteiger charge is 2.24. The number of benzene rings is 5. The van der Waals surface area contributed by atoms with Crippen LogP contribution in [0.4, 0.5) is 28.4 Å². The lowest BCUT2D eigenvalue weighted by atomic mass is 9.97. The van der Waals surface area contributed by atoms with Crippen molar-refractivity contribution in [2.45, 2.75) is 52.5 Å². The molecule has 4 heteroatoms. The number of carbonyl (C=O) groups excluding carboxylic acids is 2. The van der Waals surface area contributed by atoms with E-state index in [1.54, 1.807) is 13.8 Å². The molecule has 0 saturated carbocycles. The molecule has 0 N–H and O–H groups in total. The number of para-hydroxylation sites is 2. The minimum absolute atomic E-state index is 0.0230. The SMILES string of the molecule is C=C(C)C(=O)CC(CCCC)N(c1ccccc1)c1ccc(-c2ccc(N(c3ccccc3)c3cccc(C(=O)C(=C)C)c3)cc2)cc1. The third kappa shape index (κ3) is 8.08. The van der Waals surface area contributed by atoms with E-state index >= 15 is 0 Å². The Morgan fingerprint density at radius 2 is 1.10 bits per heavy atom. The van der Waals surface area contributed by atoms with Crippen LogP contribution in [0.15, 0.2) is 158 Å². The van der Waals surface area contributed by atoms with Crippen LogP contribution in [0.3, 0.4) is 0 Å². The van der Waals surface area contributed by atoms with E-state index in [2.05, 4.69) is 103 Å². The molecule has 5 rings (SSSR count). The Morgan fingerprint density at radius 3 is 1.65 bits per heavy atom. The van der Waals surface area contributed by atoms with Gasteiger partial charge in [-0.3, -0.25) is 9.59 Å². The summed E-state index contributed by atoms with van der Waals surface area (Å²) in [6.45, 7) is 13.5. The molecular weight excluding hydrogens is 588 g/mol. The van der Waals surface area contributed by atoms with Crippen LogP contribution in [0.5, 0.6) is 0 Å². The summed E-state index contributed by atoms with van der Waals surface area (Å²) in [6, 6.07) is 45.3. The number of allylic oxidation sites excluding steroid dienone is 2. The molecule has 5 aromatic carbocycles. The smallest absolute Gasteiger partial charge is 0.188 e. The van der Waals surface area contributed by atoms with Crippen LogP contribution in [0.1, 0.15) is 56.8 Å². The molecule has 242 valence electrons. The van der Waals surface area contributed by atoms with E-state index in [4.69, 9.17) is 0 Å². The van der Waals surface area contributed by atoms with Gasteiger partial charge in [-0.1, -0.05) is 106 Å². The Morgan fingerprint density at radius 1 is 0.604 bits per heavy atom. The van der Waals surface area contributed by atoms with E-state index in [9.17, 15) is 9.59 Å². The molecule has 0 saturated heterocycles. The normalized spacial score (nSPS) is 11.4. The average Bonchev–Trinajstić information content (AvgIpc) is 3.12. The van der Waals surface area contributed by atoms with E-state index in [1.807, 2.05) is 60.7 Å². The summed E-state index contributed by atoms with van der Waals surface area (Å²) in [4.78, 5) is 30.1. The summed E-state index contributed by atoms with van der Waals surface area (Å²) in [7, 11) is 0. The van der Waals surface area contributed by atoms with Crippen LogP contribution in [-0.4, -0.2) is 17.6 Å². The van der Waals surface area contributed by atoms with Crippen molar-refractivity contribution in [3.8, 4) is 11.1 Å². The van der Waals surface area contributed by atoms with Gasteiger partial charge in [-0.25, -0.2) is 0 Å². The summed E-state index contributed by atoms with van der Waals surface area (Å²) in [6.07, 6.45) is 3.44. The van der Waals surface area contributed by atoms with E-state index in [0.717, 1.165) is 58.8 Å². The zero-order valence-electron chi connectivity index (χ0n) is 28.2. The third-order valence-corrected chi connectivity index (χ3v) is 8.56. The highest BCUT2D eigenvalue weighted by Crippen LogP contribution is 2.37. The summed E-state index contributed by atoms with van der Waals surface area (Å²) in [5.41, 5.74) is 8.92. The second-order valence-corrected chi connectivity index (χ2v) is 12.3. The van der Waals surface area contributed by atoms with Gasteiger partial charge in [0.25, 0.3) is 0 Å². The van der Waals surface area contributed by atoms with Crippen molar-refractivity contribution >= 4 is 40.0 Å². The van der Waals surface area contributed by atoms with Gasteiger partial charge in [0, 0.05) is 46.5 Å². The fourth-order valence-electron chi connectivity index (χ4n) is 5.98. The molecule has 4 nitrogen and oxygen atoms in total. The van der Waals surface area contributed by atoms with Crippen molar-refractivity contribution in [2.75, 3.05) is 9.80 Å². The van der Waals surface area contributed by atoms with Crippen LogP contribution in [0.25, 0.3) is 11.1 Å². The topological polar surface area (TPSA) is 40.6 Å². The Hall–Kier alpha value is -5.48. The maximum Gasteiger partial charge on any atom is 0.188 e. The fraction of sp³-hybridized carbons (Fsp3) is 0.182. The van der Waals surface area contributed by atoms with E-state index in [-0.39, 0.29) is 17.6 Å². The first-order valence-corrected chi connectivity index (χ1v) is 16.7. The molecule has 1 unspecified atom stereocenters. The van der Waals surface area contributed by atoms with E-state index in [0.29, 0.717) is 23.1 Å². The molecule has 0 fully saturated rings. The summed E-state index contributed by atoms with van der Waals surface area (Å²) in [5, 5.41) is 0. The highest BCUT2D eigenvalue weighted by atomic mass is 16.1. The second kappa shape index (κ2) is 15.9. The molecule has 0 spiro atoms. The minimum atomic E-state index is -0.0615. The number of anilines is 5. The van der Waals surface area contributed by atoms with Gasteiger partial charge in [-0.2, -0.15) is 0 Å². The van der Waals surface area contributed by atoms with Gasteiger partial charge in [0.1, 0.15) is 0 Å². The monoisotopic (exact) mass is 632 g/mol. The molecule has 48 heavy (non-hydrogen) atoms. The van der Waals surface area contributed by atoms with Gasteiger partial charge < -0.3 is 9.80 Å². The molecule has 0 aliphatic carbocycles. The van der Waals surface area contributed by atoms with Crippen molar-refractivity contribution in [1.29, 1.82) is 0 Å². The number of hydrogen-bond acceptors (Lipinski definition) is 4. The minimum Gasteiger partial charge on any atom is -0.338 e. The predicted octanol–water partition coefficient (Wildman–Crippen LogP) is 11.8. The van der Waals surface area contributed by atoms with Gasteiger partial charge in [0.05, 0.1) is 0 Å². The first-order valence-electron chi connectivity index (χ1n) is 16.7. The number of rotatable bonds is 15. The maximum absolute atomic E-state index is 12.9. The van der Waals surface area contributed by atoms with E-state index in [1.165, 1.54) is 0 Å². The number of ketones is 2. The second-order valence-electron chi connectivity index (χ2n) is 12.3. The number of nitrogens with zero attached hydrogens (tertiary/aromatic N) is 2. The Kier molecular flexibility index (Phi) is 11.2. The number of Topliss-reactive ketones (excluding diaryl/α,β-unsaturated/α-hetero) is 2. The van der Waals surface area contributed by atoms with Crippen molar-refractivity contribution in [1.82, 2.24) is 0 Å². The number of unbranched alkanes of at least 4 members (excludes halogenated alkanes) is 1. The zero-order valence-corrected chi connectivity index (χ0v) is 28.2. The molecule has 0 heterocycles. The van der Waals surface area contributed by atoms with Crippen molar-refractivity contribution in [3.05, 3.63) is 163 Å². The summed E-state index contributed by atoms with van der Waals surface area (Å²) < 4.78 is 0. The first-order chi connectivity index (χ1) is 23.3. The first kappa shape index (κ1) is 33.9. The quantitative estimate of drug-likeness (QED) is 0.0850. The molecule has 0 aromatic heterocycles. The Balaban J connectivity index is 1.47. The highest BCUT2D eigenvalue weighted by molar-refractivity contribution is 6.08. The third-order valence-electron chi connectivity index (χ3n) is 8.56. The standard InChI is InChI=1S/C44H44N2O2/c1-6-7-16-42(31-43(47)32(2)3)46(38-19-12-9-13-20-38)40-28-24-35(25-29-40)34-22-26-39(27-23-34)45(37-17-10-8-11-18-37)41-21-14-15-36(30-41)44(48)33(4)5/h8-15,17-30,42H,2,4,6-7,16,31H2,1,3,5H3. The number of hydrogen-bond donors (Lipinski definition) is 0. The molecule has 0 bridgehead atoms. The lowest BCUT2D eigenvalue weighted by Crippen LogP contribution is -2.33. The molecule has 0 aliphatic heterocycles. The van der Waals surface area contributed by atoms with Crippen LogP contribution in [-0.2, 0) is 4.79 Å². The van der Waals surface area contributed by atoms with Crippen molar-refractivity contribution in [2.24, 2.45) is 0 Å². The average molecular weight is 633 g/mol. The van der Waals surface area contributed by atoms with Crippen LogP contribution in [0, 0.1) is 0 Å². The molecule has 1 atom stereocenters. The van der Waals surface area contributed by atoms with Crippen LogP contribution < -0.4 is 9.80 Å². The summed E-state index contributed by atoms with van der Waals surface area (Å²) >= 11 is 0. The largest absolute Gasteiger partial charge is 0.338 e. The van der Waals surface area contributed by atoms with Gasteiger partial charge in [0.2, 0.25) is 0 Å². The predicted molar refractivity (Wildman–Crippen MR) is 202 cm³/mol. The van der Waals surface area contributed by atoms with Crippen LogP contribution >= 0.6 is 0 Å². The van der Waals surface area contributed by atoms with Crippen molar-refractivity contribution < 1.29 is 9.59 Å². The fourth-order valence-corrected chi connectivity index (χ4v) is 5.98. The van der Waals surface area contributed by atoms with Crippen molar-refractivity contribution in [3.63, 3.8) is 0 Å². The Labute approximate surface area is 285 Å². The van der Waals surface area contributed by atoms with Gasteiger partial charge in [0.15, 0.2) is 11.6 Å². The lowest BCUT2D eigenvalue weighted by Gasteiger charge is -2.34. The molecule has 0 aliphatic rings. The zero-order chi connectivity index (χ0) is 34.0. The maximum atomic E-state index is 12.9. The van der Waals surface area contributed by atoms with Crippen LogP contribution in [0.2, 0.25) is 0 Å². The molecular formula is C44H44N2O2. The Bertz CT molecular complexity index is 1860. The summed E-state index contributed by atoms with van der Waals surface area (Å²) in [5.74, 6) is 0.0426. The molecule has 0 radical (unpaired) electrons.